The first kappa shape index (κ1) is 15.7. The molecule has 134 valence electrons. The summed E-state index contributed by atoms with van der Waals surface area (Å²) in [6, 6.07) is 9.33. The highest BCUT2D eigenvalue weighted by atomic mass is 16.5. The van der Waals surface area contributed by atoms with Gasteiger partial charge in [-0.2, -0.15) is 0 Å². The van der Waals surface area contributed by atoms with Gasteiger partial charge in [-0.1, -0.05) is 11.2 Å². The van der Waals surface area contributed by atoms with Gasteiger partial charge in [0.05, 0.1) is 22.5 Å². The summed E-state index contributed by atoms with van der Waals surface area (Å²) in [5.41, 5.74) is 4.91. The van der Waals surface area contributed by atoms with E-state index in [2.05, 4.69) is 15.1 Å². The van der Waals surface area contributed by atoms with E-state index in [-0.39, 0.29) is 6.04 Å². The summed E-state index contributed by atoms with van der Waals surface area (Å²) in [5, 5.41) is 4.05. The summed E-state index contributed by atoms with van der Waals surface area (Å²) < 4.78 is 13.5. The van der Waals surface area contributed by atoms with Crippen LogP contribution in [0.3, 0.4) is 0 Å². The molecule has 0 fully saturated rings. The van der Waals surface area contributed by atoms with Crippen molar-refractivity contribution in [1.82, 2.24) is 19.7 Å². The zero-order valence-electron chi connectivity index (χ0n) is 14.8. The predicted molar refractivity (Wildman–Crippen MR) is 98.0 cm³/mol. The number of imidazole rings is 1. The normalized spacial score (nSPS) is 15.7. The number of hydrogen-bond donors (Lipinski definition) is 0. The van der Waals surface area contributed by atoms with E-state index in [9.17, 15) is 4.79 Å². The van der Waals surface area contributed by atoms with E-state index in [0.717, 1.165) is 40.1 Å². The lowest BCUT2D eigenvalue weighted by Crippen LogP contribution is -2.25. The molecule has 3 aromatic heterocycles. The Morgan fingerprint density at radius 3 is 2.81 bits per heavy atom. The first-order valence-corrected chi connectivity index (χ1v) is 8.66. The van der Waals surface area contributed by atoms with Gasteiger partial charge in [0, 0.05) is 11.8 Å². The van der Waals surface area contributed by atoms with Gasteiger partial charge in [0.1, 0.15) is 23.9 Å². The van der Waals surface area contributed by atoms with Crippen molar-refractivity contribution >= 4 is 17.3 Å². The van der Waals surface area contributed by atoms with Crippen LogP contribution in [0.4, 0.5) is 0 Å². The van der Waals surface area contributed by atoms with Crippen LogP contribution in [0, 0.1) is 13.8 Å². The summed E-state index contributed by atoms with van der Waals surface area (Å²) in [6.45, 7) is 4.13. The molecule has 0 saturated heterocycles. The highest BCUT2D eigenvalue weighted by Gasteiger charge is 2.31. The third-order valence-corrected chi connectivity index (χ3v) is 4.97. The van der Waals surface area contributed by atoms with Crippen molar-refractivity contribution < 1.29 is 14.1 Å². The van der Waals surface area contributed by atoms with Crippen LogP contribution in [0.15, 0.2) is 41.1 Å². The van der Waals surface area contributed by atoms with Gasteiger partial charge < -0.3 is 13.8 Å². The largest absolute Gasteiger partial charge is 0.488 e. The molecular weight excluding hydrogens is 344 g/mol. The zero-order valence-corrected chi connectivity index (χ0v) is 14.8. The van der Waals surface area contributed by atoms with Crippen LogP contribution in [-0.2, 0) is 0 Å². The minimum absolute atomic E-state index is 0.219. The van der Waals surface area contributed by atoms with Crippen LogP contribution >= 0.6 is 0 Å². The molecule has 1 aromatic carbocycles. The summed E-state index contributed by atoms with van der Waals surface area (Å²) in [6.07, 6.45) is 2.51. The van der Waals surface area contributed by atoms with E-state index < -0.39 is 0 Å². The third kappa shape index (κ3) is 2.21. The molecule has 4 aromatic rings. The average molecular weight is 360 g/mol. The number of aldehydes is 1. The Kier molecular flexibility index (Phi) is 3.36. The number of benzene rings is 1. The molecular formula is C20H16N4O3. The second kappa shape index (κ2) is 5.77. The highest BCUT2D eigenvalue weighted by molar-refractivity contribution is 5.95. The van der Waals surface area contributed by atoms with Crippen molar-refractivity contribution in [2.24, 2.45) is 0 Å². The second-order valence-corrected chi connectivity index (χ2v) is 6.55. The lowest BCUT2D eigenvalue weighted by atomic mass is 10.0. The quantitative estimate of drug-likeness (QED) is 0.520. The summed E-state index contributed by atoms with van der Waals surface area (Å²) in [4.78, 5) is 20.7. The Morgan fingerprint density at radius 2 is 2.11 bits per heavy atom. The fraction of sp³-hybridized carbons (Fsp3) is 0.200. The van der Waals surface area contributed by atoms with Gasteiger partial charge in [0.25, 0.3) is 0 Å². The summed E-state index contributed by atoms with van der Waals surface area (Å²) >= 11 is 0. The predicted octanol–water partition coefficient (Wildman–Crippen LogP) is 3.50. The van der Waals surface area contributed by atoms with E-state index in [1.165, 1.54) is 0 Å². The Labute approximate surface area is 154 Å². The molecule has 0 N–H and O–H groups in total. The molecule has 7 nitrogen and oxygen atoms in total. The molecule has 1 atom stereocenters. The lowest BCUT2D eigenvalue weighted by molar-refractivity contribution is 0.110. The van der Waals surface area contributed by atoms with Crippen molar-refractivity contribution in [1.29, 1.82) is 0 Å². The van der Waals surface area contributed by atoms with Crippen molar-refractivity contribution in [3.8, 4) is 16.9 Å². The Hall–Kier alpha value is -3.48. The van der Waals surface area contributed by atoms with Gasteiger partial charge >= 0.3 is 0 Å². The standard InChI is InChI=1S/C20H16N4O3/c1-11-18(12(2)27-23-11)13-6-7-15-19-20(13)26-10-16(14-5-3-4-8-21-14)24(19)17(9-25)22-15/h3-9,16H,10H2,1-2H3/t16-/m1/s1. The molecule has 0 aliphatic carbocycles. The third-order valence-electron chi connectivity index (χ3n) is 4.97. The molecule has 0 radical (unpaired) electrons. The molecule has 1 aliphatic rings. The molecule has 1 aliphatic heterocycles. The van der Waals surface area contributed by atoms with Crippen LogP contribution in [-0.4, -0.2) is 32.6 Å². The van der Waals surface area contributed by atoms with Gasteiger partial charge in [-0.15, -0.1) is 0 Å². The monoisotopic (exact) mass is 360 g/mol. The molecule has 7 heteroatoms. The maximum absolute atomic E-state index is 11.7. The van der Waals surface area contributed by atoms with Crippen molar-refractivity contribution in [3.63, 3.8) is 0 Å². The molecule has 0 bridgehead atoms. The number of aromatic nitrogens is 4. The molecule has 0 unspecified atom stereocenters. The Bertz CT molecular complexity index is 1160. The molecule has 4 heterocycles. The first-order valence-electron chi connectivity index (χ1n) is 8.66. The van der Waals surface area contributed by atoms with E-state index >= 15 is 0 Å². The number of rotatable bonds is 3. The molecule has 27 heavy (non-hydrogen) atoms. The fourth-order valence-corrected chi connectivity index (χ4v) is 3.81. The minimum Gasteiger partial charge on any atom is -0.488 e. The number of hydrogen-bond acceptors (Lipinski definition) is 6. The Morgan fingerprint density at radius 1 is 1.22 bits per heavy atom. The van der Waals surface area contributed by atoms with E-state index in [1.807, 2.05) is 48.7 Å². The van der Waals surface area contributed by atoms with Crippen LogP contribution in [0.2, 0.25) is 0 Å². The second-order valence-electron chi connectivity index (χ2n) is 6.55. The fourth-order valence-electron chi connectivity index (χ4n) is 3.81. The van der Waals surface area contributed by atoms with Gasteiger partial charge in [0.2, 0.25) is 0 Å². The first-order chi connectivity index (χ1) is 13.2. The van der Waals surface area contributed by atoms with Crippen molar-refractivity contribution in [2.75, 3.05) is 6.61 Å². The van der Waals surface area contributed by atoms with Crippen LogP contribution in [0.5, 0.6) is 5.75 Å². The summed E-state index contributed by atoms with van der Waals surface area (Å²) in [7, 11) is 0. The number of aryl methyl sites for hydroxylation is 2. The van der Waals surface area contributed by atoms with Crippen molar-refractivity contribution in [3.05, 3.63) is 59.5 Å². The molecule has 0 amide bonds. The molecule has 0 spiro atoms. The number of nitrogens with zero attached hydrogens (tertiary/aromatic N) is 4. The van der Waals surface area contributed by atoms with E-state index in [0.29, 0.717) is 23.7 Å². The lowest BCUT2D eigenvalue weighted by Gasteiger charge is -2.27. The van der Waals surface area contributed by atoms with Gasteiger partial charge in [-0.25, -0.2) is 4.98 Å². The number of ether oxygens (including phenoxy) is 1. The SMILES string of the molecule is Cc1noc(C)c1-c1ccc2nc(C=O)n3c2c1OC[C@@H]3c1ccccn1. The van der Waals surface area contributed by atoms with E-state index in [4.69, 9.17) is 9.26 Å². The van der Waals surface area contributed by atoms with Crippen LogP contribution < -0.4 is 4.74 Å². The van der Waals surface area contributed by atoms with Gasteiger partial charge in [-0.3, -0.25) is 9.78 Å². The van der Waals surface area contributed by atoms with Gasteiger partial charge in [0.15, 0.2) is 17.9 Å². The zero-order chi connectivity index (χ0) is 18.5. The van der Waals surface area contributed by atoms with Crippen LogP contribution in [0.25, 0.3) is 22.2 Å². The number of carbonyl (C=O) groups excluding carboxylic acids is 1. The number of carbonyl (C=O) groups is 1. The molecule has 0 saturated carbocycles. The maximum atomic E-state index is 11.7. The smallest absolute Gasteiger partial charge is 0.185 e. The topological polar surface area (TPSA) is 83.0 Å². The molecule has 5 rings (SSSR count). The van der Waals surface area contributed by atoms with E-state index in [1.54, 1.807) is 6.20 Å². The number of pyridine rings is 1. The summed E-state index contributed by atoms with van der Waals surface area (Å²) in [5.74, 6) is 1.77. The Balaban J connectivity index is 1.82. The minimum atomic E-state index is -0.219. The van der Waals surface area contributed by atoms with Crippen LogP contribution in [0.1, 0.15) is 33.8 Å². The van der Waals surface area contributed by atoms with Crippen molar-refractivity contribution in [2.45, 2.75) is 19.9 Å². The van der Waals surface area contributed by atoms with Gasteiger partial charge in [-0.05, 0) is 38.1 Å². The average Bonchev–Trinajstić information content (AvgIpc) is 3.24. The highest BCUT2D eigenvalue weighted by Crippen LogP contribution is 2.44. The maximum Gasteiger partial charge on any atom is 0.185 e.